The Hall–Kier alpha value is -6.43. The predicted octanol–water partition coefficient (Wildman–Crippen LogP) is 5.58. The van der Waals surface area contributed by atoms with Gasteiger partial charge >= 0.3 is 41.8 Å². The molecule has 3 saturated heterocycles. The maximum atomic E-state index is 14.2. The summed E-state index contributed by atoms with van der Waals surface area (Å²) in [5.41, 5.74) is 2.83. The van der Waals surface area contributed by atoms with Gasteiger partial charge < -0.3 is 53.1 Å². The molecule has 0 bridgehead atoms. The number of esters is 7. The largest absolute Gasteiger partial charge is 0.456 e. The SMILES string of the molecule is CC(=O)O[C@@H]1[C@@H](OC(C)=O)[C@H](S[C@@H]2CO[C@@H](S[C@@H]3CO[C@@H](SC(=N)N)[C@H](OC(=O)c4ccccc4)[C@H]3OC(=O)c3ccccc3)[C@H](OC(=O)c3ccccc3)[C@H]2OC(=O)c2ccccc2)OC[C@H]1OC(C)=O. The van der Waals surface area contributed by atoms with Crippen LogP contribution in [0.1, 0.15) is 62.2 Å². The van der Waals surface area contributed by atoms with Gasteiger partial charge in [0.2, 0.25) is 0 Å². The number of carbonyl (C=O) groups excluding carboxylic acids is 7. The van der Waals surface area contributed by atoms with Crippen molar-refractivity contribution in [3.8, 4) is 0 Å². The van der Waals surface area contributed by atoms with Crippen LogP contribution in [0.2, 0.25) is 0 Å². The summed E-state index contributed by atoms with van der Waals surface area (Å²) in [7, 11) is 0. The topological polar surface area (TPSA) is 262 Å². The van der Waals surface area contributed by atoms with Crippen LogP contribution >= 0.6 is 35.3 Å². The van der Waals surface area contributed by atoms with Gasteiger partial charge in [-0.3, -0.25) is 19.8 Å². The van der Waals surface area contributed by atoms with Gasteiger partial charge in [0.15, 0.2) is 53.3 Å². The highest BCUT2D eigenvalue weighted by Gasteiger charge is 2.55. The van der Waals surface area contributed by atoms with E-state index in [4.69, 9.17) is 58.5 Å². The molecule has 0 amide bonds. The van der Waals surface area contributed by atoms with Crippen LogP contribution in [0.4, 0.5) is 0 Å². The molecule has 3 N–H and O–H groups in total. The number of thioether (sulfide) groups is 3. The molecule has 3 heterocycles. The van der Waals surface area contributed by atoms with E-state index in [0.717, 1.165) is 56.1 Å². The molecule has 0 saturated carbocycles. The molecule has 0 radical (unpaired) electrons. The molecule has 0 spiro atoms. The minimum absolute atomic E-state index is 0.128. The van der Waals surface area contributed by atoms with E-state index in [1.165, 1.54) is 48.5 Å². The van der Waals surface area contributed by atoms with Gasteiger partial charge in [-0.05, 0) is 48.5 Å². The van der Waals surface area contributed by atoms with E-state index in [2.05, 4.69) is 0 Å². The zero-order valence-corrected chi connectivity index (χ0v) is 41.3. The number of benzene rings is 4. The molecule has 72 heavy (non-hydrogen) atoms. The number of hydrogen-bond donors (Lipinski definition) is 2. The summed E-state index contributed by atoms with van der Waals surface area (Å²) in [4.78, 5) is 93.4. The number of rotatable bonds is 16. The van der Waals surface area contributed by atoms with E-state index in [1.807, 2.05) is 0 Å². The van der Waals surface area contributed by atoms with Crippen LogP contribution in [-0.4, -0.2) is 136 Å². The van der Waals surface area contributed by atoms with Gasteiger partial charge in [-0.15, -0.1) is 23.5 Å². The van der Waals surface area contributed by atoms with Gasteiger partial charge in [-0.2, -0.15) is 0 Å². The summed E-state index contributed by atoms with van der Waals surface area (Å²) in [6.07, 6.45) is -9.60. The normalized spacial score (nSPS) is 26.9. The third-order valence-electron chi connectivity index (χ3n) is 10.9. The van der Waals surface area contributed by atoms with Crippen LogP contribution in [0, 0.1) is 5.41 Å². The molecular formula is C50H50N2O17S3. The van der Waals surface area contributed by atoms with Gasteiger partial charge in [-0.25, -0.2) is 19.2 Å². The van der Waals surface area contributed by atoms with E-state index in [-0.39, 0.29) is 47.2 Å². The Morgan fingerprint density at radius 3 is 1.10 bits per heavy atom. The van der Waals surface area contributed by atoms with Crippen molar-refractivity contribution < 1.29 is 80.9 Å². The average Bonchev–Trinajstić information content (AvgIpc) is 3.36. The smallest absolute Gasteiger partial charge is 0.338 e. The van der Waals surface area contributed by atoms with Crippen LogP contribution < -0.4 is 5.73 Å². The molecular weight excluding hydrogens is 997 g/mol. The zero-order chi connectivity index (χ0) is 51.3. The van der Waals surface area contributed by atoms with Crippen LogP contribution in [0.15, 0.2) is 121 Å². The molecule has 3 aliphatic rings. The Morgan fingerprint density at radius 2 is 0.736 bits per heavy atom. The molecule has 3 aliphatic heterocycles. The van der Waals surface area contributed by atoms with Crippen molar-refractivity contribution in [2.75, 3.05) is 19.8 Å². The molecule has 19 nitrogen and oxygen atoms in total. The maximum Gasteiger partial charge on any atom is 0.338 e. The van der Waals surface area contributed by atoms with Gasteiger partial charge in [-0.1, -0.05) is 84.6 Å². The van der Waals surface area contributed by atoms with Crippen molar-refractivity contribution in [2.45, 2.75) is 90.3 Å². The van der Waals surface area contributed by atoms with E-state index in [9.17, 15) is 33.6 Å². The summed E-state index contributed by atoms with van der Waals surface area (Å²) in [5, 5.41) is 5.73. The van der Waals surface area contributed by atoms with Crippen molar-refractivity contribution >= 4 is 82.2 Å². The lowest BCUT2D eigenvalue weighted by Crippen LogP contribution is -2.60. The Kier molecular flexibility index (Phi) is 18.7. The molecule has 4 aromatic carbocycles. The molecule has 380 valence electrons. The first-order valence-corrected chi connectivity index (χ1v) is 25.1. The van der Waals surface area contributed by atoms with E-state index < -0.39 is 111 Å². The lowest BCUT2D eigenvalue weighted by molar-refractivity contribution is -0.213. The number of ether oxygens (including phenoxy) is 10. The molecule has 0 aromatic heterocycles. The molecule has 12 atom stereocenters. The number of nitrogens with two attached hydrogens (primary N) is 1. The molecule has 7 rings (SSSR count). The van der Waals surface area contributed by atoms with Crippen molar-refractivity contribution in [1.82, 2.24) is 0 Å². The summed E-state index contributed by atoms with van der Waals surface area (Å²) < 4.78 is 60.7. The minimum Gasteiger partial charge on any atom is -0.456 e. The summed E-state index contributed by atoms with van der Waals surface area (Å²) in [6, 6.07) is 32.1. The second-order valence-electron chi connectivity index (χ2n) is 16.2. The maximum absolute atomic E-state index is 14.2. The number of carbonyl (C=O) groups is 7. The van der Waals surface area contributed by atoms with E-state index in [0.29, 0.717) is 0 Å². The highest BCUT2D eigenvalue weighted by Crippen LogP contribution is 2.44. The van der Waals surface area contributed by atoms with Crippen molar-refractivity contribution in [3.63, 3.8) is 0 Å². The minimum atomic E-state index is -1.50. The third kappa shape index (κ3) is 14.2. The molecule has 22 heteroatoms. The second-order valence-corrected chi connectivity index (χ2v) is 20.0. The monoisotopic (exact) mass is 1050 g/mol. The van der Waals surface area contributed by atoms with Crippen LogP contribution in [0.25, 0.3) is 0 Å². The van der Waals surface area contributed by atoms with Gasteiger partial charge in [0.05, 0.1) is 52.6 Å². The first-order valence-electron chi connectivity index (χ1n) is 22.4. The quantitative estimate of drug-likeness (QED) is 0.0600. The molecule has 4 aromatic rings. The Labute approximate surface area is 426 Å². The fraction of sp³-hybridized carbons (Fsp3) is 0.360. The van der Waals surface area contributed by atoms with Gasteiger partial charge in [0.25, 0.3) is 0 Å². The molecule has 3 fully saturated rings. The summed E-state index contributed by atoms with van der Waals surface area (Å²) in [5.74, 6) is -5.53. The number of hydrogen-bond acceptors (Lipinski definition) is 21. The Bertz CT molecular complexity index is 2550. The Balaban J connectivity index is 1.28. The van der Waals surface area contributed by atoms with Gasteiger partial charge in [0, 0.05) is 20.8 Å². The van der Waals surface area contributed by atoms with Crippen LogP contribution in [0.3, 0.4) is 0 Å². The van der Waals surface area contributed by atoms with Crippen LogP contribution in [-0.2, 0) is 61.8 Å². The fourth-order valence-corrected chi connectivity index (χ4v) is 11.4. The van der Waals surface area contributed by atoms with Crippen molar-refractivity contribution in [1.29, 1.82) is 5.41 Å². The molecule has 0 unspecified atom stereocenters. The van der Waals surface area contributed by atoms with E-state index in [1.54, 1.807) is 72.8 Å². The van der Waals surface area contributed by atoms with Crippen LogP contribution in [0.5, 0.6) is 0 Å². The standard InChI is InChI=1S/C50H50N2O17S3/c1-27(53)63-34-24-60-47(40(65-29(3)55)37(34)64-28(2)54)70-35-25-61-48(41(68-45(58)32-20-12-6-13-21-32)38(35)66-43(56)30-16-8-4-9-17-30)71-36-26-62-49(72-50(51)52)42(69-46(59)33-22-14-7-15-23-33)39(36)67-44(57)31-18-10-5-11-19-31/h4-23,34-42,47-49H,24-26H2,1-3H3,(H3,51,52)/t34-,35-,36-,37+,38+,39+,40-,41-,42-,47+,48+,49+/m1/s1. The second kappa shape index (κ2) is 25.3. The lowest BCUT2D eigenvalue weighted by Gasteiger charge is -2.46. The highest BCUT2D eigenvalue weighted by molar-refractivity contribution is 8.14. The van der Waals surface area contributed by atoms with Gasteiger partial charge in [0.1, 0.15) is 10.9 Å². The Morgan fingerprint density at radius 1 is 0.431 bits per heavy atom. The number of nitrogens with one attached hydrogen (secondary N) is 1. The average molecular weight is 1050 g/mol. The third-order valence-corrected chi connectivity index (χ3v) is 14.7. The van der Waals surface area contributed by atoms with Crippen molar-refractivity contribution in [3.05, 3.63) is 144 Å². The summed E-state index contributed by atoms with van der Waals surface area (Å²) >= 11 is 2.68. The highest BCUT2D eigenvalue weighted by atomic mass is 32.2. The summed E-state index contributed by atoms with van der Waals surface area (Å²) in [6.45, 7) is 2.60. The molecule has 0 aliphatic carbocycles. The number of amidine groups is 1. The fourth-order valence-electron chi connectivity index (χ4n) is 7.83. The zero-order valence-electron chi connectivity index (χ0n) is 38.8. The van der Waals surface area contributed by atoms with Crippen molar-refractivity contribution in [2.24, 2.45) is 5.73 Å². The predicted molar refractivity (Wildman–Crippen MR) is 261 cm³/mol. The lowest BCUT2D eigenvalue weighted by atomic mass is 10.1. The van der Waals surface area contributed by atoms with E-state index >= 15 is 0 Å². The first-order chi connectivity index (χ1) is 34.6. The first kappa shape index (κ1) is 53.4.